The Morgan fingerprint density at radius 1 is 1.50 bits per heavy atom. The van der Waals surface area contributed by atoms with Gasteiger partial charge in [-0.25, -0.2) is 0 Å². The van der Waals surface area contributed by atoms with E-state index in [1.807, 2.05) is 13.0 Å². The zero-order chi connectivity index (χ0) is 7.82. The molecule has 0 bridgehead atoms. The van der Waals surface area contributed by atoms with E-state index >= 15 is 0 Å². The Kier molecular flexibility index (Phi) is 6.53. The van der Waals surface area contributed by atoms with E-state index in [0.717, 1.165) is 5.75 Å². The van der Waals surface area contributed by atoms with Gasteiger partial charge >= 0.3 is 0 Å². The van der Waals surface area contributed by atoms with Gasteiger partial charge in [0, 0.05) is 11.7 Å². The molecule has 0 unspecified atom stereocenters. The van der Waals surface area contributed by atoms with Crippen LogP contribution in [0.5, 0.6) is 0 Å². The number of allylic oxidation sites excluding steroid dienone is 1. The van der Waals surface area contributed by atoms with Crippen LogP contribution in [0, 0.1) is 17.1 Å². The summed E-state index contributed by atoms with van der Waals surface area (Å²) in [6.45, 7) is 6.23. The summed E-state index contributed by atoms with van der Waals surface area (Å²) in [5.74, 6) is 4.59. The summed E-state index contributed by atoms with van der Waals surface area (Å²) in [5.41, 5.74) is 0. The van der Waals surface area contributed by atoms with Crippen LogP contribution in [-0.4, -0.2) is 5.75 Å². The SMILES string of the molecule is C/C=C\CSC#CC(C)C. The molecule has 0 saturated heterocycles. The molecule has 0 aliphatic rings. The number of rotatable bonds is 2. The third-order valence-corrected chi connectivity index (χ3v) is 1.46. The molecular weight excluding hydrogens is 140 g/mol. The first kappa shape index (κ1) is 9.65. The van der Waals surface area contributed by atoms with Crippen LogP contribution in [0.4, 0.5) is 0 Å². The van der Waals surface area contributed by atoms with Crippen molar-refractivity contribution in [2.45, 2.75) is 20.8 Å². The number of hydrogen-bond acceptors (Lipinski definition) is 1. The molecule has 56 valence electrons. The maximum absolute atomic E-state index is 3.08. The van der Waals surface area contributed by atoms with Crippen molar-refractivity contribution >= 4 is 11.8 Å². The standard InChI is InChI=1S/C9H14S/c1-4-5-7-10-8-6-9(2)3/h4-5,9H,7H2,1-3H3/b5-4-. The molecule has 0 spiro atoms. The van der Waals surface area contributed by atoms with Crippen LogP contribution in [0.1, 0.15) is 20.8 Å². The molecule has 0 radical (unpaired) electrons. The first-order chi connectivity index (χ1) is 4.77. The van der Waals surface area contributed by atoms with Gasteiger partial charge in [-0.05, 0) is 12.2 Å². The van der Waals surface area contributed by atoms with Crippen molar-refractivity contribution in [3.8, 4) is 11.2 Å². The van der Waals surface area contributed by atoms with Crippen LogP contribution >= 0.6 is 11.8 Å². The third kappa shape index (κ3) is 7.65. The van der Waals surface area contributed by atoms with Gasteiger partial charge in [0.2, 0.25) is 0 Å². The summed E-state index contributed by atoms with van der Waals surface area (Å²) in [6.07, 6.45) is 4.16. The van der Waals surface area contributed by atoms with E-state index < -0.39 is 0 Å². The van der Waals surface area contributed by atoms with Crippen LogP contribution in [0.25, 0.3) is 0 Å². The lowest BCUT2D eigenvalue weighted by atomic mass is 10.2. The van der Waals surface area contributed by atoms with Gasteiger partial charge in [0.15, 0.2) is 0 Å². The van der Waals surface area contributed by atoms with Gasteiger partial charge in [-0.1, -0.05) is 43.7 Å². The maximum atomic E-state index is 3.08. The second-order valence-corrected chi connectivity index (χ2v) is 3.11. The molecular formula is C9H14S. The summed E-state index contributed by atoms with van der Waals surface area (Å²) in [4.78, 5) is 0. The average Bonchev–Trinajstić information content (AvgIpc) is 1.87. The van der Waals surface area contributed by atoms with Crippen LogP contribution in [0.3, 0.4) is 0 Å². The van der Waals surface area contributed by atoms with Crippen LogP contribution in [-0.2, 0) is 0 Å². The molecule has 0 aromatic heterocycles. The normalized spacial score (nSPS) is 10.0. The van der Waals surface area contributed by atoms with E-state index in [1.165, 1.54) is 0 Å². The predicted molar refractivity (Wildman–Crippen MR) is 49.9 cm³/mol. The van der Waals surface area contributed by atoms with Gasteiger partial charge in [0.25, 0.3) is 0 Å². The van der Waals surface area contributed by atoms with Crippen molar-refractivity contribution < 1.29 is 0 Å². The molecule has 0 aliphatic carbocycles. The van der Waals surface area contributed by atoms with E-state index in [4.69, 9.17) is 0 Å². The summed E-state index contributed by atoms with van der Waals surface area (Å²) in [7, 11) is 0. The fourth-order valence-corrected chi connectivity index (χ4v) is 1.04. The topological polar surface area (TPSA) is 0 Å². The van der Waals surface area contributed by atoms with Gasteiger partial charge in [0.1, 0.15) is 0 Å². The Hall–Kier alpha value is -0.350. The second-order valence-electron chi connectivity index (χ2n) is 2.28. The van der Waals surface area contributed by atoms with E-state index in [9.17, 15) is 0 Å². The molecule has 0 aromatic carbocycles. The van der Waals surface area contributed by atoms with Crippen molar-refractivity contribution in [1.82, 2.24) is 0 Å². The molecule has 0 aliphatic heterocycles. The summed E-state index contributed by atoms with van der Waals surface area (Å²) < 4.78 is 0. The quantitative estimate of drug-likeness (QED) is 0.335. The van der Waals surface area contributed by atoms with Crippen molar-refractivity contribution in [3.63, 3.8) is 0 Å². The Bertz CT molecular complexity index is 146. The zero-order valence-corrected chi connectivity index (χ0v) is 7.66. The van der Waals surface area contributed by atoms with Crippen LogP contribution in [0.15, 0.2) is 12.2 Å². The monoisotopic (exact) mass is 154 g/mol. The summed E-state index contributed by atoms with van der Waals surface area (Å²) in [5, 5.41) is 3.04. The lowest BCUT2D eigenvalue weighted by Gasteiger charge is -1.86. The van der Waals surface area contributed by atoms with Gasteiger partial charge < -0.3 is 0 Å². The fraction of sp³-hybridized carbons (Fsp3) is 0.556. The lowest BCUT2D eigenvalue weighted by Crippen LogP contribution is -1.76. The fourth-order valence-electron chi connectivity index (χ4n) is 0.346. The molecule has 0 nitrogen and oxygen atoms in total. The molecule has 0 amide bonds. The first-order valence-electron chi connectivity index (χ1n) is 3.51. The predicted octanol–water partition coefficient (Wildman–Crippen LogP) is 2.91. The number of hydrogen-bond donors (Lipinski definition) is 0. The first-order valence-corrected chi connectivity index (χ1v) is 4.49. The molecule has 0 atom stereocenters. The van der Waals surface area contributed by atoms with Crippen molar-refractivity contribution in [2.75, 3.05) is 5.75 Å². The molecule has 0 rings (SSSR count). The van der Waals surface area contributed by atoms with Crippen molar-refractivity contribution in [3.05, 3.63) is 12.2 Å². The third-order valence-electron chi connectivity index (χ3n) is 0.835. The van der Waals surface area contributed by atoms with Gasteiger partial charge in [-0.15, -0.1) is 0 Å². The Balaban J connectivity index is 3.29. The largest absolute Gasteiger partial charge is 0.0908 e. The minimum Gasteiger partial charge on any atom is -0.0908 e. The highest BCUT2D eigenvalue weighted by atomic mass is 32.2. The highest BCUT2D eigenvalue weighted by molar-refractivity contribution is 8.04. The average molecular weight is 154 g/mol. The molecule has 1 heteroatoms. The molecule has 0 fully saturated rings. The molecule has 0 aromatic rings. The maximum Gasteiger partial charge on any atom is 0.0237 e. The Labute approximate surface area is 68.1 Å². The molecule has 0 N–H and O–H groups in total. The Morgan fingerprint density at radius 2 is 2.20 bits per heavy atom. The highest BCUT2D eigenvalue weighted by Crippen LogP contribution is 1.97. The highest BCUT2D eigenvalue weighted by Gasteiger charge is 1.80. The minimum atomic E-state index is 0.498. The van der Waals surface area contributed by atoms with Crippen LogP contribution < -0.4 is 0 Å². The summed E-state index contributed by atoms with van der Waals surface area (Å²) in [6, 6.07) is 0. The van der Waals surface area contributed by atoms with Crippen molar-refractivity contribution in [2.24, 2.45) is 5.92 Å². The smallest absolute Gasteiger partial charge is 0.0237 e. The van der Waals surface area contributed by atoms with Gasteiger partial charge in [-0.3, -0.25) is 0 Å². The lowest BCUT2D eigenvalue weighted by molar-refractivity contribution is 0.867. The minimum absolute atomic E-state index is 0.498. The summed E-state index contributed by atoms with van der Waals surface area (Å²) >= 11 is 1.66. The van der Waals surface area contributed by atoms with Gasteiger partial charge in [0.05, 0.1) is 0 Å². The number of thioether (sulfide) groups is 1. The van der Waals surface area contributed by atoms with E-state index in [2.05, 4.69) is 31.1 Å². The van der Waals surface area contributed by atoms with Crippen LogP contribution in [0.2, 0.25) is 0 Å². The van der Waals surface area contributed by atoms with E-state index in [0.29, 0.717) is 5.92 Å². The van der Waals surface area contributed by atoms with Gasteiger partial charge in [-0.2, -0.15) is 0 Å². The van der Waals surface area contributed by atoms with E-state index in [-0.39, 0.29) is 0 Å². The molecule has 10 heavy (non-hydrogen) atoms. The Morgan fingerprint density at radius 3 is 2.70 bits per heavy atom. The molecule has 0 heterocycles. The second kappa shape index (κ2) is 6.77. The van der Waals surface area contributed by atoms with Crippen molar-refractivity contribution in [1.29, 1.82) is 0 Å². The zero-order valence-electron chi connectivity index (χ0n) is 6.85. The van der Waals surface area contributed by atoms with E-state index in [1.54, 1.807) is 11.8 Å². The molecule has 0 saturated carbocycles.